The first-order valence-electron chi connectivity index (χ1n) is 4.12. The smallest absolute Gasteiger partial charge is 0.342 e. The third kappa shape index (κ3) is 6.04. The average Bonchev–Trinajstić information content (AvgIpc) is 2.18. The van der Waals surface area contributed by atoms with Gasteiger partial charge < -0.3 is 10.2 Å². The zero-order chi connectivity index (χ0) is 11.8. The van der Waals surface area contributed by atoms with Gasteiger partial charge in [-0.05, 0) is 6.92 Å². The van der Waals surface area contributed by atoms with E-state index >= 15 is 0 Å². The van der Waals surface area contributed by atoms with Crippen LogP contribution in [0.15, 0.2) is 42.5 Å². The summed E-state index contributed by atoms with van der Waals surface area (Å²) in [4.78, 5) is 19.3. The zero-order valence-electron chi connectivity index (χ0n) is 8.30. The molecule has 1 rings (SSSR count). The highest BCUT2D eigenvalue weighted by atomic mass is 16.4. The second-order valence-electron chi connectivity index (χ2n) is 2.74. The summed E-state index contributed by atoms with van der Waals surface area (Å²) in [6.45, 7) is 4.84. The Morgan fingerprint density at radius 1 is 1.07 bits per heavy atom. The predicted molar refractivity (Wildman–Crippen MR) is 55.6 cm³/mol. The lowest BCUT2D eigenvalue weighted by Gasteiger charge is -1.86. The molecule has 1 aromatic rings. The van der Waals surface area contributed by atoms with Crippen LogP contribution in [0.3, 0.4) is 0 Å². The third-order valence-corrected chi connectivity index (χ3v) is 1.46. The van der Waals surface area contributed by atoms with Crippen LogP contribution in [-0.4, -0.2) is 22.2 Å². The molecular formula is C11H12O4. The SMILES string of the molecule is C=C(C(=O)O)C(=O)O.Cc1ccccc1. The first-order valence-corrected chi connectivity index (χ1v) is 4.12. The highest BCUT2D eigenvalue weighted by molar-refractivity contribution is 6.11. The van der Waals surface area contributed by atoms with Crippen molar-refractivity contribution in [2.75, 3.05) is 0 Å². The van der Waals surface area contributed by atoms with Crippen molar-refractivity contribution in [3.63, 3.8) is 0 Å². The number of hydrogen-bond acceptors (Lipinski definition) is 2. The Hall–Kier alpha value is -2.10. The van der Waals surface area contributed by atoms with Gasteiger partial charge in [-0.2, -0.15) is 0 Å². The maximum atomic E-state index is 9.66. The van der Waals surface area contributed by atoms with Gasteiger partial charge in [0.2, 0.25) is 0 Å². The van der Waals surface area contributed by atoms with E-state index in [1.165, 1.54) is 5.56 Å². The quantitative estimate of drug-likeness (QED) is 0.440. The van der Waals surface area contributed by atoms with Gasteiger partial charge in [0.15, 0.2) is 0 Å². The summed E-state index contributed by atoms with van der Waals surface area (Å²) in [5.74, 6) is -3.00. The molecule has 4 heteroatoms. The molecule has 0 unspecified atom stereocenters. The van der Waals surface area contributed by atoms with Gasteiger partial charge >= 0.3 is 11.9 Å². The molecular weight excluding hydrogens is 196 g/mol. The molecule has 0 aliphatic rings. The molecule has 0 aromatic heterocycles. The topological polar surface area (TPSA) is 74.6 Å². The van der Waals surface area contributed by atoms with Crippen molar-refractivity contribution in [3.05, 3.63) is 48.0 Å². The summed E-state index contributed by atoms with van der Waals surface area (Å²) in [5.41, 5.74) is 0.507. The summed E-state index contributed by atoms with van der Waals surface area (Å²) in [7, 11) is 0. The van der Waals surface area contributed by atoms with Crippen LogP contribution in [-0.2, 0) is 9.59 Å². The molecule has 0 saturated heterocycles. The molecule has 15 heavy (non-hydrogen) atoms. The predicted octanol–water partition coefficient (Wildman–Crippen LogP) is 1.71. The number of rotatable bonds is 2. The summed E-state index contributed by atoms with van der Waals surface area (Å²) < 4.78 is 0. The van der Waals surface area contributed by atoms with E-state index < -0.39 is 17.5 Å². The largest absolute Gasteiger partial charge is 0.477 e. The number of carboxylic acids is 2. The minimum atomic E-state index is -1.50. The van der Waals surface area contributed by atoms with Gasteiger partial charge in [-0.25, -0.2) is 9.59 Å². The van der Waals surface area contributed by atoms with Crippen molar-refractivity contribution in [1.82, 2.24) is 0 Å². The second-order valence-corrected chi connectivity index (χ2v) is 2.74. The van der Waals surface area contributed by atoms with Crippen LogP contribution in [0.2, 0.25) is 0 Å². The van der Waals surface area contributed by atoms with Crippen LogP contribution in [0.1, 0.15) is 5.56 Å². The molecule has 0 spiro atoms. The molecule has 0 radical (unpaired) electrons. The molecule has 0 atom stereocenters. The van der Waals surface area contributed by atoms with Crippen LogP contribution in [0.4, 0.5) is 0 Å². The van der Waals surface area contributed by atoms with Crippen molar-refractivity contribution < 1.29 is 19.8 Å². The van der Waals surface area contributed by atoms with Crippen LogP contribution in [0.25, 0.3) is 0 Å². The van der Waals surface area contributed by atoms with Gasteiger partial charge in [-0.1, -0.05) is 42.5 Å². The second kappa shape index (κ2) is 6.37. The van der Waals surface area contributed by atoms with Gasteiger partial charge in [0, 0.05) is 0 Å². The van der Waals surface area contributed by atoms with E-state index in [0.29, 0.717) is 0 Å². The van der Waals surface area contributed by atoms with Gasteiger partial charge in [0.1, 0.15) is 5.57 Å². The van der Waals surface area contributed by atoms with Crippen molar-refractivity contribution >= 4 is 11.9 Å². The Morgan fingerprint density at radius 2 is 1.47 bits per heavy atom. The van der Waals surface area contributed by atoms with Crippen molar-refractivity contribution in [1.29, 1.82) is 0 Å². The first kappa shape index (κ1) is 12.9. The molecule has 0 aliphatic carbocycles. The molecule has 0 bridgehead atoms. The maximum absolute atomic E-state index is 9.66. The van der Waals surface area contributed by atoms with Crippen molar-refractivity contribution in [2.24, 2.45) is 0 Å². The standard InChI is InChI=1S/C7H8.C4H4O4/c1-7-5-3-2-4-6-7;1-2(3(5)6)4(7)8/h2-6H,1H3;1H2,(H,5,6)(H,7,8). The molecule has 0 aliphatic heterocycles. The van der Waals surface area contributed by atoms with Crippen LogP contribution >= 0.6 is 0 Å². The Balaban J connectivity index is 0.000000262. The summed E-state index contributed by atoms with van der Waals surface area (Å²) in [5, 5.41) is 15.7. The summed E-state index contributed by atoms with van der Waals surface area (Å²) >= 11 is 0. The molecule has 0 amide bonds. The Kier molecular flexibility index (Phi) is 5.48. The number of aliphatic carboxylic acids is 2. The average molecular weight is 208 g/mol. The zero-order valence-corrected chi connectivity index (χ0v) is 8.30. The van der Waals surface area contributed by atoms with E-state index in [1.807, 2.05) is 18.2 Å². The number of carboxylic acid groups (broad SMARTS) is 2. The van der Waals surface area contributed by atoms with Crippen molar-refractivity contribution in [2.45, 2.75) is 6.92 Å². The molecule has 0 saturated carbocycles. The molecule has 0 fully saturated rings. The van der Waals surface area contributed by atoms with E-state index in [4.69, 9.17) is 10.2 Å². The molecule has 0 heterocycles. The van der Waals surface area contributed by atoms with Crippen LogP contribution < -0.4 is 0 Å². The Labute approximate surface area is 87.5 Å². The third-order valence-electron chi connectivity index (χ3n) is 1.46. The minimum Gasteiger partial charge on any atom is -0.477 e. The van der Waals surface area contributed by atoms with Gasteiger partial charge in [-0.15, -0.1) is 0 Å². The highest BCUT2D eigenvalue weighted by Gasteiger charge is 2.10. The van der Waals surface area contributed by atoms with Crippen LogP contribution in [0.5, 0.6) is 0 Å². The summed E-state index contributed by atoms with van der Waals surface area (Å²) in [6, 6.07) is 10.3. The molecule has 80 valence electrons. The highest BCUT2D eigenvalue weighted by Crippen LogP contribution is 1.92. The minimum absolute atomic E-state index is 0.815. The van der Waals surface area contributed by atoms with E-state index in [0.717, 1.165) is 0 Å². The number of hydrogen-bond donors (Lipinski definition) is 2. The maximum Gasteiger partial charge on any atom is 0.342 e. The fourth-order valence-corrected chi connectivity index (χ4v) is 0.626. The van der Waals surface area contributed by atoms with Gasteiger partial charge in [0.05, 0.1) is 0 Å². The Morgan fingerprint density at radius 3 is 1.60 bits per heavy atom. The molecule has 2 N–H and O–H groups in total. The van der Waals surface area contributed by atoms with Gasteiger partial charge in [0.25, 0.3) is 0 Å². The van der Waals surface area contributed by atoms with E-state index in [-0.39, 0.29) is 0 Å². The lowest BCUT2D eigenvalue weighted by Crippen LogP contribution is -2.08. The fourth-order valence-electron chi connectivity index (χ4n) is 0.626. The number of benzene rings is 1. The van der Waals surface area contributed by atoms with Gasteiger partial charge in [-0.3, -0.25) is 0 Å². The first-order chi connectivity index (χ1) is 6.95. The van der Waals surface area contributed by atoms with Crippen molar-refractivity contribution in [3.8, 4) is 0 Å². The summed E-state index contributed by atoms with van der Waals surface area (Å²) in [6.07, 6.45) is 0. The number of carbonyl (C=O) groups is 2. The molecule has 1 aromatic carbocycles. The molecule has 4 nitrogen and oxygen atoms in total. The lowest BCUT2D eigenvalue weighted by atomic mass is 10.2. The van der Waals surface area contributed by atoms with E-state index in [9.17, 15) is 9.59 Å². The fraction of sp³-hybridized carbons (Fsp3) is 0.0909. The van der Waals surface area contributed by atoms with Crippen LogP contribution in [0, 0.1) is 6.92 Å². The monoisotopic (exact) mass is 208 g/mol. The van der Waals surface area contributed by atoms with E-state index in [1.54, 1.807) is 0 Å². The Bertz CT molecular complexity index is 338. The normalized spacial score (nSPS) is 8.33. The van der Waals surface area contributed by atoms with E-state index in [2.05, 4.69) is 25.6 Å². The lowest BCUT2D eigenvalue weighted by molar-refractivity contribution is -0.140. The number of aryl methyl sites for hydroxylation is 1.